The second-order valence-electron chi connectivity index (χ2n) is 7.47. The van der Waals surface area contributed by atoms with Crippen LogP contribution < -0.4 is 10.7 Å². The summed E-state index contributed by atoms with van der Waals surface area (Å²) in [6, 6.07) is 8.34. The standard InChI is InChI=1S/C22H28N4O3/c1-14-7-8-19(10-15(14)2)26-16(3)11-18(17(26)4)12-24-25-22(28)21(27)23-13-20-6-5-9-29-20/h7-8,10-12,20H,5-6,9,13H2,1-4H3,(H,23,27)(H,25,28)/b24-12-/t20-/m1/s1. The third-order valence-electron chi connectivity index (χ3n) is 5.31. The van der Waals surface area contributed by atoms with E-state index in [2.05, 4.69) is 52.5 Å². The van der Waals surface area contributed by atoms with E-state index in [1.165, 1.54) is 11.1 Å². The molecule has 7 nitrogen and oxygen atoms in total. The number of benzene rings is 1. The number of ether oxygens (including phenoxy) is 1. The minimum Gasteiger partial charge on any atom is -0.376 e. The first kappa shape index (κ1) is 20.8. The Labute approximate surface area is 171 Å². The van der Waals surface area contributed by atoms with Crippen molar-refractivity contribution < 1.29 is 14.3 Å². The molecular weight excluding hydrogens is 368 g/mol. The van der Waals surface area contributed by atoms with Gasteiger partial charge in [0.15, 0.2) is 0 Å². The predicted octanol–water partition coefficient (Wildman–Crippen LogP) is 2.46. The molecule has 1 aliphatic heterocycles. The number of nitrogens with one attached hydrogen (secondary N) is 2. The lowest BCUT2D eigenvalue weighted by Gasteiger charge is -2.11. The minimum absolute atomic E-state index is 0.00829. The van der Waals surface area contributed by atoms with E-state index in [-0.39, 0.29) is 6.10 Å². The highest BCUT2D eigenvalue weighted by molar-refractivity contribution is 6.35. The molecule has 1 aromatic heterocycles. The van der Waals surface area contributed by atoms with Crippen molar-refractivity contribution >= 4 is 18.0 Å². The molecule has 1 atom stereocenters. The van der Waals surface area contributed by atoms with Crippen molar-refractivity contribution in [3.8, 4) is 5.69 Å². The SMILES string of the molecule is Cc1ccc(-n2c(C)cc(/C=N\NC(=O)C(=O)NC[C@H]3CCCO3)c2C)cc1C. The highest BCUT2D eigenvalue weighted by Crippen LogP contribution is 2.21. The zero-order valence-corrected chi connectivity index (χ0v) is 17.4. The van der Waals surface area contributed by atoms with Crippen molar-refractivity contribution in [2.75, 3.05) is 13.2 Å². The fraction of sp³-hybridized carbons (Fsp3) is 0.409. The van der Waals surface area contributed by atoms with Crippen molar-refractivity contribution in [3.05, 3.63) is 52.3 Å². The van der Waals surface area contributed by atoms with Crippen LogP contribution in [0.2, 0.25) is 0 Å². The molecule has 0 aliphatic carbocycles. The zero-order valence-electron chi connectivity index (χ0n) is 17.4. The molecule has 0 bridgehead atoms. The Morgan fingerprint density at radius 2 is 1.97 bits per heavy atom. The zero-order chi connectivity index (χ0) is 21.0. The van der Waals surface area contributed by atoms with Crippen LogP contribution in [0, 0.1) is 27.7 Å². The molecule has 0 unspecified atom stereocenters. The normalized spacial score (nSPS) is 16.3. The molecule has 1 saturated heterocycles. The van der Waals surface area contributed by atoms with Crippen LogP contribution in [0.3, 0.4) is 0 Å². The van der Waals surface area contributed by atoms with Gasteiger partial charge in [0.25, 0.3) is 0 Å². The third-order valence-corrected chi connectivity index (χ3v) is 5.31. The van der Waals surface area contributed by atoms with Gasteiger partial charge in [-0.1, -0.05) is 6.07 Å². The lowest BCUT2D eigenvalue weighted by molar-refractivity contribution is -0.139. The summed E-state index contributed by atoms with van der Waals surface area (Å²) in [4.78, 5) is 23.8. The number of carbonyl (C=O) groups excluding carboxylic acids is 2. The molecule has 0 spiro atoms. The highest BCUT2D eigenvalue weighted by Gasteiger charge is 2.19. The summed E-state index contributed by atoms with van der Waals surface area (Å²) in [5.74, 6) is -1.50. The Bertz CT molecular complexity index is 940. The number of nitrogens with zero attached hydrogens (tertiary/aromatic N) is 2. The number of amides is 2. The van der Waals surface area contributed by atoms with Gasteiger partial charge in [0.05, 0.1) is 12.3 Å². The molecule has 2 amide bonds. The van der Waals surface area contributed by atoms with E-state index < -0.39 is 11.8 Å². The van der Waals surface area contributed by atoms with Gasteiger partial charge >= 0.3 is 11.8 Å². The number of aryl methyl sites for hydroxylation is 3. The Kier molecular flexibility index (Phi) is 6.49. The van der Waals surface area contributed by atoms with Crippen LogP contribution in [0.5, 0.6) is 0 Å². The molecule has 1 aliphatic rings. The first-order valence-corrected chi connectivity index (χ1v) is 9.86. The summed E-state index contributed by atoms with van der Waals surface area (Å²) in [7, 11) is 0. The average molecular weight is 396 g/mol. The summed E-state index contributed by atoms with van der Waals surface area (Å²) in [5, 5.41) is 6.53. The highest BCUT2D eigenvalue weighted by atomic mass is 16.5. The number of carbonyl (C=O) groups is 2. The topological polar surface area (TPSA) is 84.7 Å². The van der Waals surface area contributed by atoms with Crippen LogP contribution in [0.1, 0.15) is 40.9 Å². The Morgan fingerprint density at radius 3 is 2.66 bits per heavy atom. The first-order chi connectivity index (χ1) is 13.9. The van der Waals surface area contributed by atoms with Gasteiger partial charge in [-0.2, -0.15) is 5.10 Å². The second kappa shape index (κ2) is 9.05. The maximum atomic E-state index is 11.9. The van der Waals surface area contributed by atoms with Crippen molar-refractivity contribution in [3.63, 3.8) is 0 Å². The Balaban J connectivity index is 1.62. The Morgan fingerprint density at radius 1 is 1.17 bits per heavy atom. The second-order valence-corrected chi connectivity index (χ2v) is 7.47. The number of hydrazone groups is 1. The lowest BCUT2D eigenvalue weighted by Crippen LogP contribution is -2.41. The maximum absolute atomic E-state index is 11.9. The van der Waals surface area contributed by atoms with E-state index in [1.54, 1.807) is 6.21 Å². The van der Waals surface area contributed by atoms with Crippen molar-refractivity contribution in [1.82, 2.24) is 15.3 Å². The molecule has 29 heavy (non-hydrogen) atoms. The van der Waals surface area contributed by atoms with E-state index in [0.717, 1.165) is 35.5 Å². The average Bonchev–Trinajstić information content (AvgIpc) is 3.30. The largest absolute Gasteiger partial charge is 0.376 e. The van der Waals surface area contributed by atoms with E-state index in [1.807, 2.05) is 19.9 Å². The van der Waals surface area contributed by atoms with Gasteiger partial charge in [-0.25, -0.2) is 5.43 Å². The van der Waals surface area contributed by atoms with Gasteiger partial charge < -0.3 is 14.6 Å². The van der Waals surface area contributed by atoms with Gasteiger partial charge in [-0.15, -0.1) is 0 Å². The van der Waals surface area contributed by atoms with Crippen molar-refractivity contribution in [1.29, 1.82) is 0 Å². The molecule has 2 N–H and O–H groups in total. The van der Waals surface area contributed by atoms with Gasteiger partial charge in [-0.05, 0) is 69.9 Å². The van der Waals surface area contributed by atoms with Crippen LogP contribution in [0.4, 0.5) is 0 Å². The molecule has 7 heteroatoms. The monoisotopic (exact) mass is 396 g/mol. The van der Waals surface area contributed by atoms with E-state index >= 15 is 0 Å². The molecule has 1 fully saturated rings. The van der Waals surface area contributed by atoms with Gasteiger partial charge in [0, 0.05) is 35.8 Å². The molecule has 154 valence electrons. The van der Waals surface area contributed by atoms with E-state index in [4.69, 9.17) is 4.74 Å². The van der Waals surface area contributed by atoms with Crippen molar-refractivity contribution in [2.45, 2.75) is 46.6 Å². The van der Waals surface area contributed by atoms with Gasteiger partial charge in [0.1, 0.15) is 0 Å². The Hall–Kier alpha value is -2.93. The minimum atomic E-state index is -0.790. The summed E-state index contributed by atoms with van der Waals surface area (Å²) in [5.41, 5.74) is 8.79. The first-order valence-electron chi connectivity index (χ1n) is 9.86. The molecular formula is C22H28N4O3. The summed E-state index contributed by atoms with van der Waals surface area (Å²) >= 11 is 0. The van der Waals surface area contributed by atoms with Crippen LogP contribution in [-0.4, -0.2) is 41.9 Å². The van der Waals surface area contributed by atoms with Gasteiger partial charge in [-0.3, -0.25) is 9.59 Å². The molecule has 2 heterocycles. The quantitative estimate of drug-likeness (QED) is 0.463. The fourth-order valence-electron chi connectivity index (χ4n) is 3.48. The number of rotatable bonds is 5. The van der Waals surface area contributed by atoms with E-state index in [9.17, 15) is 9.59 Å². The smallest absolute Gasteiger partial charge is 0.329 e. The van der Waals surface area contributed by atoms with Crippen LogP contribution in [-0.2, 0) is 14.3 Å². The predicted molar refractivity (Wildman–Crippen MR) is 112 cm³/mol. The fourth-order valence-corrected chi connectivity index (χ4v) is 3.48. The number of hydrogen-bond donors (Lipinski definition) is 2. The molecule has 0 radical (unpaired) electrons. The van der Waals surface area contributed by atoms with Crippen LogP contribution >= 0.6 is 0 Å². The number of hydrogen-bond acceptors (Lipinski definition) is 4. The summed E-state index contributed by atoms with van der Waals surface area (Å²) in [6.07, 6.45) is 3.44. The lowest BCUT2D eigenvalue weighted by atomic mass is 10.1. The molecule has 1 aromatic carbocycles. The van der Waals surface area contributed by atoms with Crippen LogP contribution in [0.25, 0.3) is 5.69 Å². The number of aromatic nitrogens is 1. The summed E-state index contributed by atoms with van der Waals surface area (Å²) < 4.78 is 7.56. The molecule has 0 saturated carbocycles. The van der Waals surface area contributed by atoms with E-state index in [0.29, 0.717) is 13.2 Å². The van der Waals surface area contributed by atoms with Crippen LogP contribution in [0.15, 0.2) is 29.4 Å². The third kappa shape index (κ3) is 4.92. The maximum Gasteiger partial charge on any atom is 0.329 e. The molecule has 3 rings (SSSR count). The van der Waals surface area contributed by atoms with Crippen molar-refractivity contribution in [2.24, 2.45) is 5.10 Å². The molecule has 2 aromatic rings. The van der Waals surface area contributed by atoms with Gasteiger partial charge in [0.2, 0.25) is 0 Å². The summed E-state index contributed by atoms with van der Waals surface area (Å²) in [6.45, 7) is 9.25.